The Bertz CT molecular complexity index is 545. The topological polar surface area (TPSA) is 32.5 Å². The second kappa shape index (κ2) is 12.5. The first-order valence-electron chi connectivity index (χ1n) is 9.76. The normalized spacial score (nSPS) is 14.2. The number of benzene rings is 1. The number of rotatable bonds is 5. The van der Waals surface area contributed by atoms with Gasteiger partial charge in [-0.2, -0.15) is 0 Å². The second-order valence-corrected chi connectivity index (χ2v) is 5.70. The molecule has 0 aliphatic carbocycles. The van der Waals surface area contributed by atoms with E-state index in [1.807, 2.05) is 40.7 Å². The summed E-state index contributed by atoms with van der Waals surface area (Å²) in [7, 11) is 0. The summed E-state index contributed by atoms with van der Waals surface area (Å²) < 4.78 is 5.10. The van der Waals surface area contributed by atoms with Gasteiger partial charge in [-0.1, -0.05) is 51.1 Å². The average Bonchev–Trinajstić information content (AvgIpc) is 3.11. The van der Waals surface area contributed by atoms with Crippen molar-refractivity contribution in [2.45, 2.75) is 47.5 Å². The number of nitrogens with zero attached hydrogens (tertiary/aromatic N) is 3. The van der Waals surface area contributed by atoms with Crippen molar-refractivity contribution < 1.29 is 4.52 Å². The zero-order valence-electron chi connectivity index (χ0n) is 16.7. The predicted octanol–water partition coefficient (Wildman–Crippen LogP) is 4.79. The number of piperazine rings is 1. The first kappa shape index (κ1) is 21.2. The maximum atomic E-state index is 5.10. The first-order valence-corrected chi connectivity index (χ1v) is 9.76. The molecule has 0 saturated carbocycles. The van der Waals surface area contributed by atoms with Crippen molar-refractivity contribution >= 4 is 5.69 Å². The smallest absolute Gasteiger partial charge is 0.133 e. The van der Waals surface area contributed by atoms with E-state index in [0.717, 1.165) is 57.0 Å². The predicted molar refractivity (Wildman–Crippen MR) is 107 cm³/mol. The van der Waals surface area contributed by atoms with E-state index in [0.29, 0.717) is 0 Å². The SMILES string of the molecule is CC.CC.Cc1cc(CCCN2CCN(c3ccccc3)CC2)no1. The van der Waals surface area contributed by atoms with Crippen LogP contribution in [-0.4, -0.2) is 42.8 Å². The third kappa shape index (κ3) is 7.30. The van der Waals surface area contributed by atoms with Crippen LogP contribution < -0.4 is 4.90 Å². The molecule has 0 spiro atoms. The molecule has 0 unspecified atom stereocenters. The van der Waals surface area contributed by atoms with Gasteiger partial charge in [0.1, 0.15) is 5.76 Å². The highest BCUT2D eigenvalue weighted by Crippen LogP contribution is 2.15. The lowest BCUT2D eigenvalue weighted by Crippen LogP contribution is -2.46. The Kier molecular flexibility index (Phi) is 10.6. The summed E-state index contributed by atoms with van der Waals surface area (Å²) in [5, 5.41) is 4.05. The van der Waals surface area contributed by atoms with Gasteiger partial charge in [-0.25, -0.2) is 0 Å². The number of aryl methyl sites for hydroxylation is 2. The molecular formula is C21H35N3O. The minimum Gasteiger partial charge on any atom is -0.369 e. The van der Waals surface area contributed by atoms with Crippen molar-refractivity contribution in [2.24, 2.45) is 0 Å². The highest BCUT2D eigenvalue weighted by atomic mass is 16.5. The van der Waals surface area contributed by atoms with Crippen LogP contribution in [0.4, 0.5) is 5.69 Å². The van der Waals surface area contributed by atoms with Crippen LogP contribution in [0.5, 0.6) is 0 Å². The van der Waals surface area contributed by atoms with Crippen molar-refractivity contribution in [1.29, 1.82) is 0 Å². The molecule has 0 atom stereocenters. The maximum Gasteiger partial charge on any atom is 0.133 e. The van der Waals surface area contributed by atoms with Gasteiger partial charge in [0.2, 0.25) is 0 Å². The summed E-state index contributed by atoms with van der Waals surface area (Å²) in [5.74, 6) is 0.904. The third-order valence-electron chi connectivity index (χ3n) is 4.08. The zero-order chi connectivity index (χ0) is 18.5. The average molecular weight is 346 g/mol. The fourth-order valence-corrected chi connectivity index (χ4v) is 2.89. The zero-order valence-corrected chi connectivity index (χ0v) is 16.7. The molecule has 3 rings (SSSR count). The first-order chi connectivity index (χ1) is 12.3. The number of anilines is 1. The van der Waals surface area contributed by atoms with Gasteiger partial charge in [0.15, 0.2) is 0 Å². The molecule has 1 aromatic heterocycles. The monoisotopic (exact) mass is 345 g/mol. The molecule has 1 aliphatic rings. The van der Waals surface area contributed by atoms with Gasteiger partial charge in [-0.3, -0.25) is 4.90 Å². The van der Waals surface area contributed by atoms with Crippen molar-refractivity contribution in [3.63, 3.8) is 0 Å². The fraction of sp³-hybridized carbons (Fsp3) is 0.571. The fourth-order valence-electron chi connectivity index (χ4n) is 2.89. The molecule has 2 aromatic rings. The molecule has 2 heterocycles. The van der Waals surface area contributed by atoms with E-state index >= 15 is 0 Å². The van der Waals surface area contributed by atoms with E-state index in [-0.39, 0.29) is 0 Å². The lowest BCUT2D eigenvalue weighted by molar-refractivity contribution is 0.254. The van der Waals surface area contributed by atoms with E-state index in [4.69, 9.17) is 4.52 Å². The van der Waals surface area contributed by atoms with Crippen LogP contribution in [0.2, 0.25) is 0 Å². The molecule has 0 radical (unpaired) electrons. The summed E-state index contributed by atoms with van der Waals surface area (Å²) in [5.41, 5.74) is 2.42. The van der Waals surface area contributed by atoms with Gasteiger partial charge in [0.25, 0.3) is 0 Å². The molecule has 4 nitrogen and oxygen atoms in total. The lowest BCUT2D eigenvalue weighted by Gasteiger charge is -2.36. The molecular weight excluding hydrogens is 310 g/mol. The second-order valence-electron chi connectivity index (χ2n) is 5.70. The van der Waals surface area contributed by atoms with Crippen LogP contribution in [0.1, 0.15) is 45.6 Å². The summed E-state index contributed by atoms with van der Waals surface area (Å²) in [4.78, 5) is 5.02. The Labute approximate surface area is 153 Å². The summed E-state index contributed by atoms with van der Waals surface area (Å²) >= 11 is 0. The summed E-state index contributed by atoms with van der Waals surface area (Å²) in [6.07, 6.45) is 2.16. The van der Waals surface area contributed by atoms with E-state index < -0.39 is 0 Å². The summed E-state index contributed by atoms with van der Waals surface area (Å²) in [6.45, 7) is 15.6. The maximum absolute atomic E-state index is 5.10. The number of aromatic nitrogens is 1. The van der Waals surface area contributed by atoms with Crippen LogP contribution in [0.3, 0.4) is 0 Å². The van der Waals surface area contributed by atoms with Gasteiger partial charge in [0, 0.05) is 37.9 Å². The molecule has 0 amide bonds. The van der Waals surface area contributed by atoms with Gasteiger partial charge in [-0.05, 0) is 38.4 Å². The Balaban J connectivity index is 0.000000730. The van der Waals surface area contributed by atoms with Crippen molar-refractivity contribution in [3.8, 4) is 0 Å². The van der Waals surface area contributed by atoms with Crippen LogP contribution >= 0.6 is 0 Å². The molecule has 25 heavy (non-hydrogen) atoms. The van der Waals surface area contributed by atoms with Crippen LogP contribution in [0.15, 0.2) is 40.9 Å². The summed E-state index contributed by atoms with van der Waals surface area (Å²) in [6, 6.07) is 12.7. The van der Waals surface area contributed by atoms with Crippen LogP contribution in [0, 0.1) is 6.92 Å². The highest BCUT2D eigenvalue weighted by molar-refractivity contribution is 5.46. The van der Waals surface area contributed by atoms with E-state index in [2.05, 4.69) is 45.3 Å². The number of hydrogen-bond donors (Lipinski definition) is 0. The quantitative estimate of drug-likeness (QED) is 0.780. The largest absolute Gasteiger partial charge is 0.369 e. The lowest BCUT2D eigenvalue weighted by atomic mass is 10.2. The van der Waals surface area contributed by atoms with Crippen molar-refractivity contribution in [2.75, 3.05) is 37.6 Å². The standard InChI is InChI=1S/C17H23N3O.2C2H6/c1-15-14-16(18-21-15)6-5-9-19-10-12-20(13-11-19)17-7-3-2-4-8-17;2*1-2/h2-4,7-8,14H,5-6,9-13H2,1H3;2*1-2H3. The van der Waals surface area contributed by atoms with Crippen molar-refractivity contribution in [3.05, 3.63) is 47.9 Å². The molecule has 1 fully saturated rings. The molecule has 1 aliphatic heterocycles. The van der Waals surface area contributed by atoms with E-state index in [1.165, 1.54) is 5.69 Å². The van der Waals surface area contributed by atoms with Gasteiger partial charge in [0.05, 0.1) is 5.69 Å². The molecule has 0 N–H and O–H groups in total. The number of hydrogen-bond acceptors (Lipinski definition) is 4. The molecule has 0 bridgehead atoms. The Morgan fingerprint density at radius 3 is 2.16 bits per heavy atom. The highest BCUT2D eigenvalue weighted by Gasteiger charge is 2.16. The third-order valence-corrected chi connectivity index (χ3v) is 4.08. The Hall–Kier alpha value is -1.81. The Morgan fingerprint density at radius 2 is 1.60 bits per heavy atom. The van der Waals surface area contributed by atoms with Crippen LogP contribution in [0.25, 0.3) is 0 Å². The van der Waals surface area contributed by atoms with Gasteiger partial charge < -0.3 is 9.42 Å². The minimum absolute atomic E-state index is 0.904. The Morgan fingerprint density at radius 1 is 0.960 bits per heavy atom. The molecule has 4 heteroatoms. The molecule has 1 aromatic carbocycles. The van der Waals surface area contributed by atoms with Gasteiger partial charge in [-0.15, -0.1) is 0 Å². The molecule has 1 saturated heterocycles. The van der Waals surface area contributed by atoms with Crippen LogP contribution in [-0.2, 0) is 6.42 Å². The van der Waals surface area contributed by atoms with E-state index in [9.17, 15) is 0 Å². The number of para-hydroxylation sites is 1. The molecule has 140 valence electrons. The minimum atomic E-state index is 0.904. The van der Waals surface area contributed by atoms with Crippen molar-refractivity contribution in [1.82, 2.24) is 10.1 Å². The van der Waals surface area contributed by atoms with E-state index in [1.54, 1.807) is 0 Å². The van der Waals surface area contributed by atoms with Gasteiger partial charge >= 0.3 is 0 Å².